The van der Waals surface area contributed by atoms with E-state index in [2.05, 4.69) is 20.8 Å². The summed E-state index contributed by atoms with van der Waals surface area (Å²) in [6, 6.07) is 11.4. The largest absolute Gasteiger partial charge is 0.490 e. The summed E-state index contributed by atoms with van der Waals surface area (Å²) in [5, 5.41) is 32.2. The quantitative estimate of drug-likeness (QED) is 0.0225. The standard InChI is InChI=1S/C28H35N7O5.C3H4F2O2.C2HF3O2/c1-16(2)33-25-26(37)35(15-23(36)31-13-17-6-8-18(9-7-17)24(30)34-39)22(14-32-25)19-10-20(29)12-21(11-19)40-27(38)28(3,4)5;1-3(4,5)2(6)7;3-2(4,5)1(6)7/h6-12,14,16,39H,13,15,29H2,1-5H3,(H2,30,34)(H,31,36)(H,32,33);1H3,(H,6,7);(H,6,7). The summed E-state index contributed by atoms with van der Waals surface area (Å²) >= 11 is 0. The normalized spacial score (nSPS) is 11.7. The first kappa shape index (κ1) is 45.7. The molecule has 2 aromatic carbocycles. The van der Waals surface area contributed by atoms with Gasteiger partial charge in [-0.05, 0) is 52.3 Å². The highest BCUT2D eigenvalue weighted by Crippen LogP contribution is 2.29. The average Bonchev–Trinajstić information content (AvgIpc) is 3.04. The van der Waals surface area contributed by atoms with Gasteiger partial charge in [-0.2, -0.15) is 22.0 Å². The molecule has 0 unspecified atom stereocenters. The molecule has 0 radical (unpaired) electrons. The van der Waals surface area contributed by atoms with E-state index in [1.165, 1.54) is 16.8 Å². The SMILES string of the molecule is CC(C)Nc1ncc(-c2cc(N)cc(OC(=O)C(C)(C)C)c2)n(CC(=O)NCc2ccc(/C(N)=N/O)cc2)c1=O.CC(F)(F)C(=O)O.O=C(O)C(F)(F)F. The molecule has 1 heterocycles. The Labute approximate surface area is 304 Å². The Kier molecular flexibility index (Phi) is 16.1. The monoisotopic (exact) mass is 773 g/mol. The van der Waals surface area contributed by atoms with Gasteiger partial charge in [0.05, 0.1) is 17.3 Å². The summed E-state index contributed by atoms with van der Waals surface area (Å²) in [4.78, 5) is 61.3. The van der Waals surface area contributed by atoms with Crippen molar-refractivity contribution in [3.05, 3.63) is 70.1 Å². The minimum Gasteiger partial charge on any atom is -0.477 e. The number of esters is 1. The molecule has 16 nitrogen and oxygen atoms in total. The van der Waals surface area contributed by atoms with Crippen LogP contribution in [0.25, 0.3) is 11.3 Å². The van der Waals surface area contributed by atoms with Gasteiger partial charge in [-0.1, -0.05) is 29.4 Å². The summed E-state index contributed by atoms with van der Waals surface area (Å²) < 4.78 is 61.0. The lowest BCUT2D eigenvalue weighted by Gasteiger charge is -2.18. The smallest absolute Gasteiger partial charge is 0.477 e. The van der Waals surface area contributed by atoms with Crippen LogP contribution in [-0.2, 0) is 32.3 Å². The van der Waals surface area contributed by atoms with Gasteiger partial charge in [0.2, 0.25) is 5.91 Å². The second-order valence-corrected chi connectivity index (χ2v) is 12.6. The van der Waals surface area contributed by atoms with Gasteiger partial charge < -0.3 is 42.3 Å². The van der Waals surface area contributed by atoms with Crippen molar-refractivity contribution in [2.45, 2.75) is 72.8 Å². The molecule has 3 rings (SSSR count). The number of carbonyl (C=O) groups is 4. The number of halogens is 5. The summed E-state index contributed by atoms with van der Waals surface area (Å²) in [6.45, 7) is 9.14. The molecule has 296 valence electrons. The molecule has 9 N–H and O–H groups in total. The molecule has 0 fully saturated rings. The topological polar surface area (TPSA) is 262 Å². The number of hydrogen-bond acceptors (Lipinski definition) is 11. The van der Waals surface area contributed by atoms with Crippen molar-refractivity contribution in [3.8, 4) is 17.0 Å². The minimum absolute atomic E-state index is 0.0242. The van der Waals surface area contributed by atoms with Crippen LogP contribution in [0.4, 0.5) is 33.5 Å². The van der Waals surface area contributed by atoms with E-state index in [0.29, 0.717) is 29.4 Å². The highest BCUT2D eigenvalue weighted by molar-refractivity contribution is 5.97. The van der Waals surface area contributed by atoms with Crippen molar-refractivity contribution >= 4 is 41.2 Å². The van der Waals surface area contributed by atoms with Gasteiger partial charge in [0.1, 0.15) is 12.3 Å². The summed E-state index contributed by atoms with van der Waals surface area (Å²) in [5.41, 5.74) is 12.8. The fourth-order valence-corrected chi connectivity index (χ4v) is 3.59. The van der Waals surface area contributed by atoms with E-state index < -0.39 is 46.9 Å². The van der Waals surface area contributed by atoms with Crippen LogP contribution < -0.4 is 32.4 Å². The maximum Gasteiger partial charge on any atom is 0.490 e. The van der Waals surface area contributed by atoms with Crippen LogP contribution in [0.2, 0.25) is 0 Å². The van der Waals surface area contributed by atoms with E-state index in [4.69, 9.17) is 36.4 Å². The molecular weight excluding hydrogens is 733 g/mol. The number of nitrogens with one attached hydrogen (secondary N) is 2. The van der Waals surface area contributed by atoms with Crippen LogP contribution in [0.3, 0.4) is 0 Å². The minimum atomic E-state index is -5.08. The number of alkyl halides is 5. The Morgan fingerprint density at radius 3 is 1.94 bits per heavy atom. The Balaban J connectivity index is 0.000000879. The first-order valence-corrected chi connectivity index (χ1v) is 15.4. The number of amidine groups is 1. The summed E-state index contributed by atoms with van der Waals surface area (Å²) in [7, 11) is 0. The second-order valence-electron chi connectivity index (χ2n) is 12.6. The zero-order chi connectivity index (χ0) is 41.8. The van der Waals surface area contributed by atoms with Gasteiger partial charge in [0.15, 0.2) is 11.7 Å². The van der Waals surface area contributed by atoms with Crippen LogP contribution in [-0.4, -0.2) is 72.8 Å². The molecule has 1 aromatic heterocycles. The fraction of sp³-hybridized carbons (Fsp3) is 0.364. The van der Waals surface area contributed by atoms with Gasteiger partial charge in [0.25, 0.3) is 5.56 Å². The fourth-order valence-electron chi connectivity index (χ4n) is 3.59. The van der Waals surface area contributed by atoms with Crippen molar-refractivity contribution in [1.29, 1.82) is 0 Å². The molecule has 0 aliphatic heterocycles. The lowest BCUT2D eigenvalue weighted by Crippen LogP contribution is -2.35. The first-order chi connectivity index (χ1) is 24.7. The van der Waals surface area contributed by atoms with E-state index in [1.54, 1.807) is 57.2 Å². The molecule has 1 amide bonds. The molecule has 0 saturated heterocycles. The van der Waals surface area contributed by atoms with E-state index >= 15 is 0 Å². The molecule has 0 saturated carbocycles. The highest BCUT2D eigenvalue weighted by Gasteiger charge is 2.38. The number of aliphatic carboxylic acids is 2. The van der Waals surface area contributed by atoms with Gasteiger partial charge in [-0.25, -0.2) is 14.6 Å². The maximum atomic E-state index is 13.4. The summed E-state index contributed by atoms with van der Waals surface area (Å²) in [6.07, 6.45) is -3.62. The number of nitrogen functional groups attached to an aromatic ring is 1. The number of amides is 1. The van der Waals surface area contributed by atoms with Gasteiger partial charge in [-0.15, -0.1) is 0 Å². The number of oxime groups is 1. The van der Waals surface area contributed by atoms with Crippen molar-refractivity contribution in [3.63, 3.8) is 0 Å². The summed E-state index contributed by atoms with van der Waals surface area (Å²) in [5.74, 6) is -9.03. The zero-order valence-electron chi connectivity index (χ0n) is 29.8. The molecule has 0 atom stereocenters. The Morgan fingerprint density at radius 1 is 0.963 bits per heavy atom. The number of hydrogen-bond donors (Lipinski definition) is 7. The number of ether oxygens (including phenoxy) is 1. The van der Waals surface area contributed by atoms with Crippen LogP contribution in [0.1, 0.15) is 52.7 Å². The van der Waals surface area contributed by atoms with E-state index in [-0.39, 0.29) is 36.5 Å². The van der Waals surface area contributed by atoms with Crippen molar-refractivity contribution in [2.75, 3.05) is 11.1 Å². The van der Waals surface area contributed by atoms with Crippen molar-refractivity contribution < 1.29 is 61.3 Å². The highest BCUT2D eigenvalue weighted by atomic mass is 19.4. The van der Waals surface area contributed by atoms with Crippen LogP contribution in [0, 0.1) is 5.41 Å². The molecule has 0 bridgehead atoms. The molecule has 21 heteroatoms. The number of nitrogens with two attached hydrogens (primary N) is 2. The number of carbonyl (C=O) groups excluding carboxylic acids is 2. The Bertz CT molecular complexity index is 1860. The molecule has 54 heavy (non-hydrogen) atoms. The van der Waals surface area contributed by atoms with Gasteiger partial charge in [-0.3, -0.25) is 19.0 Å². The Morgan fingerprint density at radius 2 is 1.50 bits per heavy atom. The predicted molar refractivity (Wildman–Crippen MR) is 185 cm³/mol. The van der Waals surface area contributed by atoms with Crippen molar-refractivity contribution in [2.24, 2.45) is 16.3 Å². The van der Waals surface area contributed by atoms with Gasteiger partial charge in [0, 0.05) is 42.4 Å². The van der Waals surface area contributed by atoms with Crippen LogP contribution in [0.15, 0.2) is 58.6 Å². The first-order valence-electron chi connectivity index (χ1n) is 15.4. The molecule has 0 aliphatic carbocycles. The number of nitrogens with zero attached hydrogens (tertiary/aromatic N) is 3. The van der Waals surface area contributed by atoms with E-state index in [9.17, 15) is 41.1 Å². The lowest BCUT2D eigenvalue weighted by molar-refractivity contribution is -0.192. The number of anilines is 2. The molecule has 3 aromatic rings. The lowest BCUT2D eigenvalue weighted by atomic mass is 9.97. The number of rotatable bonds is 10. The third kappa shape index (κ3) is 15.1. The molecule has 0 aliphatic rings. The predicted octanol–water partition coefficient (Wildman–Crippen LogP) is 4.03. The molecular formula is C33H40F5N7O9. The Hall–Kier alpha value is -6.28. The number of benzene rings is 2. The van der Waals surface area contributed by atoms with E-state index in [0.717, 1.165) is 5.56 Å². The number of aromatic nitrogens is 2. The average molecular weight is 774 g/mol. The van der Waals surface area contributed by atoms with E-state index in [1.807, 2.05) is 13.8 Å². The number of carboxylic acids is 2. The zero-order valence-corrected chi connectivity index (χ0v) is 29.8. The second kappa shape index (κ2) is 19.0. The maximum absolute atomic E-state index is 13.4. The van der Waals surface area contributed by atoms with Crippen molar-refractivity contribution in [1.82, 2.24) is 14.9 Å². The third-order valence-corrected chi connectivity index (χ3v) is 6.29. The van der Waals surface area contributed by atoms with Crippen LogP contribution in [0.5, 0.6) is 5.75 Å². The number of carboxylic acid groups (broad SMARTS) is 2. The van der Waals surface area contributed by atoms with Gasteiger partial charge >= 0.3 is 30.0 Å². The third-order valence-electron chi connectivity index (χ3n) is 6.29. The molecule has 0 spiro atoms. The van der Waals surface area contributed by atoms with Crippen LogP contribution >= 0.6 is 0 Å².